The van der Waals surface area contributed by atoms with Crippen LogP contribution in [0.2, 0.25) is 5.02 Å². The molecule has 0 aliphatic heterocycles. The van der Waals surface area contributed by atoms with Gasteiger partial charge in [-0.15, -0.1) is 0 Å². The van der Waals surface area contributed by atoms with Crippen molar-refractivity contribution in [3.05, 3.63) is 28.8 Å². The Morgan fingerprint density at radius 2 is 2.29 bits per heavy atom. The van der Waals surface area contributed by atoms with Gasteiger partial charge in [-0.25, -0.2) is 0 Å². The van der Waals surface area contributed by atoms with Gasteiger partial charge in [0.2, 0.25) is 0 Å². The number of halogens is 1. The molecule has 17 heavy (non-hydrogen) atoms. The van der Waals surface area contributed by atoms with E-state index in [1.807, 2.05) is 6.92 Å². The van der Waals surface area contributed by atoms with Crippen LogP contribution in [-0.4, -0.2) is 27.2 Å². The smallest absolute Gasteiger partial charge is 0.106 e. The number of nitrogens with one attached hydrogen (secondary N) is 1. The molecule has 0 aromatic heterocycles. The fourth-order valence-electron chi connectivity index (χ4n) is 1.25. The molecule has 1 rings (SSSR count). The third-order valence-electron chi connectivity index (χ3n) is 2.39. The SMILES string of the molecule is CC(CNc1cc(Cl)ccc1C(N)=S)S(C)=O. The summed E-state index contributed by atoms with van der Waals surface area (Å²) < 4.78 is 11.2. The van der Waals surface area contributed by atoms with Crippen LogP contribution in [0.3, 0.4) is 0 Å². The molecule has 0 heterocycles. The van der Waals surface area contributed by atoms with Gasteiger partial charge in [-0.3, -0.25) is 4.21 Å². The summed E-state index contributed by atoms with van der Waals surface area (Å²) in [5, 5.41) is 3.83. The maximum Gasteiger partial charge on any atom is 0.106 e. The summed E-state index contributed by atoms with van der Waals surface area (Å²) >= 11 is 10.9. The molecular weight excluding hydrogens is 276 g/mol. The van der Waals surface area contributed by atoms with Gasteiger partial charge in [0.1, 0.15) is 4.99 Å². The number of benzene rings is 1. The van der Waals surface area contributed by atoms with Crippen molar-refractivity contribution in [3.63, 3.8) is 0 Å². The van der Waals surface area contributed by atoms with Gasteiger partial charge in [-0.1, -0.05) is 23.8 Å². The van der Waals surface area contributed by atoms with Crippen LogP contribution in [0.15, 0.2) is 18.2 Å². The monoisotopic (exact) mass is 290 g/mol. The first kappa shape index (κ1) is 14.4. The largest absolute Gasteiger partial charge is 0.389 e. The minimum Gasteiger partial charge on any atom is -0.389 e. The summed E-state index contributed by atoms with van der Waals surface area (Å²) in [7, 11) is -0.866. The molecule has 0 aliphatic carbocycles. The maximum absolute atomic E-state index is 11.2. The van der Waals surface area contributed by atoms with Gasteiger partial charge in [0, 0.05) is 45.1 Å². The lowest BCUT2D eigenvalue weighted by atomic mass is 10.1. The molecular formula is C11H15ClN2OS2. The van der Waals surface area contributed by atoms with E-state index >= 15 is 0 Å². The molecule has 0 spiro atoms. The summed E-state index contributed by atoms with van der Waals surface area (Å²) in [6, 6.07) is 5.28. The Morgan fingerprint density at radius 3 is 2.82 bits per heavy atom. The molecule has 6 heteroatoms. The highest BCUT2D eigenvalue weighted by atomic mass is 35.5. The van der Waals surface area contributed by atoms with Crippen LogP contribution in [0, 0.1) is 0 Å². The molecule has 0 aliphatic rings. The number of rotatable bonds is 5. The molecule has 2 unspecified atom stereocenters. The Labute approximate surface area is 114 Å². The Balaban J connectivity index is 2.85. The standard InChI is InChI=1S/C11H15ClN2OS2/c1-7(17(2)15)6-14-10-5-8(12)3-4-9(10)11(13)16/h3-5,7,14H,6H2,1-2H3,(H2,13,16). The lowest BCUT2D eigenvalue weighted by Crippen LogP contribution is -2.22. The third kappa shape index (κ3) is 4.26. The van der Waals surface area contributed by atoms with Gasteiger partial charge < -0.3 is 11.1 Å². The Hall–Kier alpha value is -0.650. The van der Waals surface area contributed by atoms with Crippen LogP contribution < -0.4 is 11.1 Å². The number of thiocarbonyl (C=S) groups is 1. The van der Waals surface area contributed by atoms with Gasteiger partial charge in [0.25, 0.3) is 0 Å². The molecule has 0 amide bonds. The highest BCUT2D eigenvalue weighted by molar-refractivity contribution is 7.84. The Kier molecular flexibility index (Phi) is 5.36. The first-order valence-electron chi connectivity index (χ1n) is 5.07. The van der Waals surface area contributed by atoms with Crippen LogP contribution in [0.1, 0.15) is 12.5 Å². The first-order valence-corrected chi connectivity index (χ1v) is 7.48. The quantitative estimate of drug-likeness (QED) is 0.816. The van der Waals surface area contributed by atoms with Crippen molar-refractivity contribution in [2.24, 2.45) is 5.73 Å². The summed E-state index contributed by atoms with van der Waals surface area (Å²) in [6.07, 6.45) is 1.68. The fourth-order valence-corrected chi connectivity index (χ4v) is 1.92. The van der Waals surface area contributed by atoms with Gasteiger partial charge >= 0.3 is 0 Å². The normalized spacial score (nSPS) is 14.1. The first-order chi connectivity index (χ1) is 7.91. The van der Waals surface area contributed by atoms with Gasteiger partial charge in [0.05, 0.1) is 0 Å². The molecule has 0 saturated heterocycles. The molecule has 3 N–H and O–H groups in total. The second kappa shape index (κ2) is 6.33. The number of nitrogens with two attached hydrogens (primary N) is 1. The summed E-state index contributed by atoms with van der Waals surface area (Å²) in [5.74, 6) is 0. The molecule has 94 valence electrons. The fraction of sp³-hybridized carbons (Fsp3) is 0.364. The zero-order chi connectivity index (χ0) is 13.0. The van der Waals surface area contributed by atoms with Crippen molar-refractivity contribution in [2.45, 2.75) is 12.2 Å². The predicted octanol–water partition coefficient (Wildman–Crippen LogP) is 2.15. The van der Waals surface area contributed by atoms with E-state index in [-0.39, 0.29) is 5.25 Å². The van der Waals surface area contributed by atoms with Crippen molar-refractivity contribution in [3.8, 4) is 0 Å². The minimum absolute atomic E-state index is 0.0492. The van der Waals surface area contributed by atoms with Crippen LogP contribution in [0.25, 0.3) is 0 Å². The molecule has 1 aromatic carbocycles. The van der Waals surface area contributed by atoms with E-state index in [9.17, 15) is 4.21 Å². The molecule has 0 saturated carbocycles. The van der Waals surface area contributed by atoms with Crippen molar-refractivity contribution in [2.75, 3.05) is 18.1 Å². The van der Waals surface area contributed by atoms with Crippen molar-refractivity contribution in [1.82, 2.24) is 0 Å². The van der Waals surface area contributed by atoms with E-state index in [1.165, 1.54) is 0 Å². The zero-order valence-corrected chi connectivity index (χ0v) is 12.1. The summed E-state index contributed by atoms with van der Waals surface area (Å²) in [4.78, 5) is 0.314. The van der Waals surface area contributed by atoms with E-state index in [2.05, 4.69) is 5.32 Å². The predicted molar refractivity (Wildman–Crippen MR) is 79.4 cm³/mol. The highest BCUT2D eigenvalue weighted by Crippen LogP contribution is 2.21. The van der Waals surface area contributed by atoms with E-state index in [1.54, 1.807) is 24.5 Å². The average Bonchev–Trinajstić information content (AvgIpc) is 2.25. The highest BCUT2D eigenvalue weighted by Gasteiger charge is 2.09. The van der Waals surface area contributed by atoms with Crippen LogP contribution in [0.5, 0.6) is 0 Å². The second-order valence-electron chi connectivity index (χ2n) is 3.74. The van der Waals surface area contributed by atoms with Gasteiger partial charge in [0.15, 0.2) is 0 Å². The molecule has 0 bridgehead atoms. The van der Waals surface area contributed by atoms with Crippen molar-refractivity contribution in [1.29, 1.82) is 0 Å². The number of anilines is 1. The molecule has 2 atom stereocenters. The van der Waals surface area contributed by atoms with Gasteiger partial charge in [-0.05, 0) is 25.1 Å². The van der Waals surface area contributed by atoms with E-state index < -0.39 is 10.8 Å². The molecule has 0 radical (unpaired) electrons. The Morgan fingerprint density at radius 1 is 1.65 bits per heavy atom. The van der Waals surface area contributed by atoms with Gasteiger partial charge in [-0.2, -0.15) is 0 Å². The Bertz CT molecular complexity index is 451. The van der Waals surface area contributed by atoms with E-state index in [0.717, 1.165) is 11.3 Å². The van der Waals surface area contributed by atoms with Crippen LogP contribution in [0.4, 0.5) is 5.69 Å². The van der Waals surface area contributed by atoms with Crippen LogP contribution >= 0.6 is 23.8 Å². The number of hydrogen-bond acceptors (Lipinski definition) is 3. The molecule has 0 fully saturated rings. The molecule has 3 nitrogen and oxygen atoms in total. The van der Waals surface area contributed by atoms with Crippen LogP contribution in [-0.2, 0) is 10.8 Å². The third-order valence-corrected chi connectivity index (χ3v) is 4.15. The van der Waals surface area contributed by atoms with E-state index in [4.69, 9.17) is 29.6 Å². The minimum atomic E-state index is -0.866. The number of hydrogen-bond donors (Lipinski definition) is 2. The zero-order valence-electron chi connectivity index (χ0n) is 9.70. The molecule has 1 aromatic rings. The summed E-state index contributed by atoms with van der Waals surface area (Å²) in [5.41, 5.74) is 7.15. The van der Waals surface area contributed by atoms with Crippen molar-refractivity contribution >= 4 is 45.3 Å². The van der Waals surface area contributed by atoms with Crippen molar-refractivity contribution < 1.29 is 4.21 Å². The summed E-state index contributed by atoms with van der Waals surface area (Å²) in [6.45, 7) is 2.49. The maximum atomic E-state index is 11.2. The second-order valence-corrected chi connectivity index (χ2v) is 6.42. The van der Waals surface area contributed by atoms with E-state index in [0.29, 0.717) is 16.6 Å². The average molecular weight is 291 g/mol. The lowest BCUT2D eigenvalue weighted by molar-refractivity contribution is 0.679. The topological polar surface area (TPSA) is 55.1 Å². The lowest BCUT2D eigenvalue weighted by Gasteiger charge is -2.14.